The summed E-state index contributed by atoms with van der Waals surface area (Å²) in [5, 5.41) is 2.59. The van der Waals surface area contributed by atoms with E-state index in [9.17, 15) is 14.0 Å². The van der Waals surface area contributed by atoms with E-state index in [4.69, 9.17) is 15.2 Å². The molecule has 0 atom stereocenters. The van der Waals surface area contributed by atoms with Gasteiger partial charge < -0.3 is 25.4 Å². The zero-order chi connectivity index (χ0) is 22.0. The number of benzene rings is 2. The molecule has 2 aliphatic rings. The Balaban J connectivity index is 1.27. The minimum absolute atomic E-state index is 0.0792. The van der Waals surface area contributed by atoms with Gasteiger partial charge in [-0.3, -0.25) is 9.59 Å². The summed E-state index contributed by atoms with van der Waals surface area (Å²) in [4.78, 5) is 26.7. The fourth-order valence-electron chi connectivity index (χ4n) is 3.60. The average molecular weight is 446 g/mol. The van der Waals surface area contributed by atoms with Crippen LogP contribution in [0.5, 0.6) is 5.75 Å². The van der Waals surface area contributed by atoms with Crippen molar-refractivity contribution in [3.8, 4) is 5.75 Å². The molecule has 4 rings (SSSR count). The molecule has 31 heavy (non-hydrogen) atoms. The molecule has 164 valence electrons. The van der Waals surface area contributed by atoms with E-state index >= 15 is 0 Å². The maximum atomic E-state index is 14.4. The third-order valence-corrected chi connectivity index (χ3v) is 6.14. The van der Waals surface area contributed by atoms with Gasteiger partial charge in [0.1, 0.15) is 11.6 Å². The van der Waals surface area contributed by atoms with Gasteiger partial charge in [-0.2, -0.15) is 0 Å². The third-order valence-electron chi connectivity index (χ3n) is 5.17. The molecule has 2 aliphatic heterocycles. The predicted molar refractivity (Wildman–Crippen MR) is 117 cm³/mol. The zero-order valence-corrected chi connectivity index (χ0v) is 18.0. The fraction of sp³-hybridized carbons (Fsp3) is 0.364. The number of halogens is 1. The third kappa shape index (κ3) is 4.77. The van der Waals surface area contributed by atoms with Crippen molar-refractivity contribution in [3.63, 3.8) is 0 Å². The number of likely N-dealkylation sites (tertiary alicyclic amines) is 1. The number of fused-ring (bicyclic) bond motifs is 1. The lowest BCUT2D eigenvalue weighted by Gasteiger charge is -2.39. The summed E-state index contributed by atoms with van der Waals surface area (Å²) in [6.07, 6.45) is 0. The summed E-state index contributed by atoms with van der Waals surface area (Å²) in [5.41, 5.74) is 8.05. The Bertz CT molecular complexity index is 1010. The molecule has 0 bridgehead atoms. The SMILES string of the molecule is CCSc1ccc(COCC2CN(C(=O)c3cc4c(cc3F)OCC(=O)N4)C2)cc1N. The highest BCUT2D eigenvalue weighted by atomic mass is 32.2. The molecule has 1 saturated heterocycles. The van der Waals surface area contributed by atoms with Gasteiger partial charge in [0.25, 0.3) is 11.8 Å². The van der Waals surface area contributed by atoms with E-state index in [0.29, 0.717) is 32.0 Å². The van der Waals surface area contributed by atoms with Crippen LogP contribution in [0.2, 0.25) is 0 Å². The van der Waals surface area contributed by atoms with E-state index in [1.54, 1.807) is 16.7 Å². The monoisotopic (exact) mass is 445 g/mol. The molecular weight excluding hydrogens is 421 g/mol. The molecule has 0 aliphatic carbocycles. The number of nitrogens with two attached hydrogens (primary N) is 1. The zero-order valence-electron chi connectivity index (χ0n) is 17.2. The number of anilines is 2. The number of nitrogens with zero attached hydrogens (tertiary/aromatic N) is 1. The van der Waals surface area contributed by atoms with Crippen LogP contribution in [0.1, 0.15) is 22.8 Å². The summed E-state index contributed by atoms with van der Waals surface area (Å²) in [7, 11) is 0. The second-order valence-corrected chi connectivity index (χ2v) is 8.87. The van der Waals surface area contributed by atoms with Gasteiger partial charge in [0.15, 0.2) is 6.61 Å². The lowest BCUT2D eigenvalue weighted by atomic mass is 9.99. The van der Waals surface area contributed by atoms with Crippen LogP contribution in [0.3, 0.4) is 0 Å². The van der Waals surface area contributed by atoms with Gasteiger partial charge in [0.2, 0.25) is 0 Å². The van der Waals surface area contributed by atoms with Gasteiger partial charge in [-0.1, -0.05) is 13.0 Å². The summed E-state index contributed by atoms with van der Waals surface area (Å²) >= 11 is 1.70. The van der Waals surface area contributed by atoms with E-state index in [0.717, 1.165) is 28.0 Å². The first-order chi connectivity index (χ1) is 14.9. The Morgan fingerprint density at radius 1 is 1.35 bits per heavy atom. The number of thioether (sulfide) groups is 1. The molecule has 2 aromatic carbocycles. The lowest BCUT2D eigenvalue weighted by molar-refractivity contribution is -0.118. The summed E-state index contributed by atoms with van der Waals surface area (Å²) in [5.74, 6) is -0.0195. The standard InChI is InChI=1S/C22H24FN3O4S/c1-2-31-20-4-3-13(5-17(20)24)10-29-11-14-8-26(9-14)22(28)15-6-18-19(7-16(15)23)30-12-21(27)25-18/h3-7,14H,2,8-12,24H2,1H3,(H,25,27). The van der Waals surface area contributed by atoms with Crippen molar-refractivity contribution >= 4 is 35.0 Å². The van der Waals surface area contributed by atoms with Gasteiger partial charge in [0.05, 0.1) is 24.5 Å². The Morgan fingerprint density at radius 2 is 2.16 bits per heavy atom. The fourth-order valence-corrected chi connectivity index (χ4v) is 4.30. The highest BCUT2D eigenvalue weighted by molar-refractivity contribution is 7.99. The van der Waals surface area contributed by atoms with Crippen LogP contribution >= 0.6 is 11.8 Å². The maximum absolute atomic E-state index is 14.4. The van der Waals surface area contributed by atoms with Crippen molar-refractivity contribution in [2.75, 3.05) is 43.1 Å². The van der Waals surface area contributed by atoms with Crippen LogP contribution in [0.15, 0.2) is 35.2 Å². The Morgan fingerprint density at radius 3 is 2.90 bits per heavy atom. The molecule has 0 unspecified atom stereocenters. The number of nitrogen functional groups attached to an aromatic ring is 1. The predicted octanol–water partition coefficient (Wildman–Crippen LogP) is 3.14. The summed E-state index contributed by atoms with van der Waals surface area (Å²) < 4.78 is 25.3. The first kappa shape index (κ1) is 21.5. The van der Waals surface area contributed by atoms with Crippen LogP contribution in [-0.2, 0) is 16.1 Å². The summed E-state index contributed by atoms with van der Waals surface area (Å²) in [6.45, 7) is 3.86. The summed E-state index contributed by atoms with van der Waals surface area (Å²) in [6, 6.07) is 8.41. The van der Waals surface area contributed by atoms with Gasteiger partial charge in [-0.05, 0) is 29.5 Å². The second kappa shape index (κ2) is 9.15. The lowest BCUT2D eigenvalue weighted by Crippen LogP contribution is -2.51. The number of rotatable bonds is 7. The van der Waals surface area contributed by atoms with Crippen LogP contribution in [0.4, 0.5) is 15.8 Å². The van der Waals surface area contributed by atoms with E-state index in [1.165, 1.54) is 6.07 Å². The molecule has 0 aromatic heterocycles. The number of carbonyl (C=O) groups is 2. The molecule has 1 fully saturated rings. The van der Waals surface area contributed by atoms with Gasteiger partial charge >= 0.3 is 0 Å². The van der Waals surface area contributed by atoms with E-state index < -0.39 is 11.7 Å². The van der Waals surface area contributed by atoms with Crippen molar-refractivity contribution in [2.24, 2.45) is 5.92 Å². The smallest absolute Gasteiger partial charge is 0.262 e. The number of hydrogen-bond acceptors (Lipinski definition) is 6. The van der Waals surface area contributed by atoms with Crippen LogP contribution in [0.25, 0.3) is 0 Å². The quantitative estimate of drug-likeness (QED) is 0.502. The van der Waals surface area contributed by atoms with E-state index in [-0.39, 0.29) is 29.7 Å². The molecule has 3 N–H and O–H groups in total. The first-order valence-electron chi connectivity index (χ1n) is 10.1. The van der Waals surface area contributed by atoms with Crippen LogP contribution in [-0.4, -0.2) is 48.8 Å². The average Bonchev–Trinajstić information content (AvgIpc) is 2.71. The minimum atomic E-state index is -0.665. The molecule has 2 aromatic rings. The highest BCUT2D eigenvalue weighted by Gasteiger charge is 2.33. The van der Waals surface area contributed by atoms with Crippen molar-refractivity contribution in [1.29, 1.82) is 0 Å². The van der Waals surface area contributed by atoms with E-state index in [2.05, 4.69) is 12.2 Å². The van der Waals surface area contributed by atoms with Crippen molar-refractivity contribution < 1.29 is 23.5 Å². The van der Waals surface area contributed by atoms with Crippen molar-refractivity contribution in [3.05, 3.63) is 47.3 Å². The van der Waals surface area contributed by atoms with E-state index in [1.807, 2.05) is 18.2 Å². The highest BCUT2D eigenvalue weighted by Crippen LogP contribution is 2.32. The molecular formula is C22H24FN3O4S. The number of hydrogen-bond donors (Lipinski definition) is 2. The minimum Gasteiger partial charge on any atom is -0.481 e. The maximum Gasteiger partial charge on any atom is 0.262 e. The largest absolute Gasteiger partial charge is 0.481 e. The molecule has 2 amide bonds. The molecule has 0 spiro atoms. The van der Waals surface area contributed by atoms with Crippen molar-refractivity contribution in [1.82, 2.24) is 4.90 Å². The van der Waals surface area contributed by atoms with Crippen molar-refractivity contribution in [2.45, 2.75) is 18.4 Å². The molecule has 7 nitrogen and oxygen atoms in total. The number of carbonyl (C=O) groups excluding carboxylic acids is 2. The van der Waals surface area contributed by atoms with Gasteiger partial charge in [-0.15, -0.1) is 11.8 Å². The topological polar surface area (TPSA) is 93.9 Å². The number of amides is 2. The Kier molecular flexibility index (Phi) is 6.33. The normalized spacial score (nSPS) is 15.7. The molecule has 2 heterocycles. The van der Waals surface area contributed by atoms with Crippen LogP contribution in [0, 0.1) is 11.7 Å². The molecule has 0 saturated carbocycles. The molecule has 9 heteroatoms. The Labute approximate surface area is 184 Å². The Hall–Kier alpha value is -2.78. The first-order valence-corrected chi connectivity index (χ1v) is 11.1. The van der Waals surface area contributed by atoms with Gasteiger partial charge in [-0.25, -0.2) is 4.39 Å². The number of nitrogens with one attached hydrogen (secondary N) is 1. The van der Waals surface area contributed by atoms with Gasteiger partial charge in [0, 0.05) is 35.7 Å². The van der Waals surface area contributed by atoms with Crippen LogP contribution < -0.4 is 15.8 Å². The molecule has 0 radical (unpaired) electrons. The second-order valence-electron chi connectivity index (χ2n) is 7.56. The number of ether oxygens (including phenoxy) is 2.